The average Bonchev–Trinajstić information content (AvgIpc) is 3.28. The highest BCUT2D eigenvalue weighted by molar-refractivity contribution is 7.69. The fourth-order valence-corrected chi connectivity index (χ4v) is 21.5. The summed E-state index contributed by atoms with van der Waals surface area (Å²) in [6.07, 6.45) is 29.1. The summed E-state index contributed by atoms with van der Waals surface area (Å²) >= 11 is 0. The Morgan fingerprint density at radius 2 is 0.571 bits per heavy atom. The highest BCUT2D eigenvalue weighted by Gasteiger charge is 2.41. The Labute approximate surface area is 392 Å². The third-order valence-electron chi connectivity index (χ3n) is 16.7. The first-order chi connectivity index (χ1) is 30.2. The van der Waals surface area contributed by atoms with Crippen LogP contribution in [0.4, 0.5) is 0 Å². The zero-order valence-corrected chi connectivity index (χ0v) is 45.0. The summed E-state index contributed by atoms with van der Waals surface area (Å²) in [4.78, 5) is 0. The van der Waals surface area contributed by atoms with Crippen molar-refractivity contribution in [3.8, 4) is 22.3 Å². The molecule has 0 aromatic heterocycles. The second kappa shape index (κ2) is 22.1. The minimum absolute atomic E-state index is 0.342. The van der Waals surface area contributed by atoms with Crippen LogP contribution in [0.1, 0.15) is 286 Å². The Bertz CT molecular complexity index is 1720. The van der Waals surface area contributed by atoms with E-state index in [9.17, 15) is 0 Å². The van der Waals surface area contributed by atoms with Gasteiger partial charge in [0.15, 0.2) is 0 Å². The molecule has 0 bridgehead atoms. The zero-order valence-electron chi connectivity index (χ0n) is 43.2. The molecule has 0 radical (unpaired) electrons. The van der Waals surface area contributed by atoms with Gasteiger partial charge in [0.25, 0.3) is 0 Å². The van der Waals surface area contributed by atoms with Gasteiger partial charge in [-0.25, -0.2) is 0 Å². The van der Waals surface area contributed by atoms with Crippen LogP contribution in [0.25, 0.3) is 22.3 Å². The van der Waals surface area contributed by atoms with E-state index in [4.69, 9.17) is 0 Å². The van der Waals surface area contributed by atoms with E-state index in [1.165, 1.54) is 140 Å². The summed E-state index contributed by atoms with van der Waals surface area (Å²) in [6, 6.07) is 13.8. The van der Waals surface area contributed by atoms with E-state index in [2.05, 4.69) is 120 Å². The first-order valence-corrected chi connectivity index (χ1v) is 30.3. The summed E-state index contributed by atoms with van der Waals surface area (Å²) in [6.45, 7) is 32.6. The quantitative estimate of drug-likeness (QED) is 0.142. The number of hydrogen-bond donors (Lipinski definition) is 0. The lowest BCUT2D eigenvalue weighted by Crippen LogP contribution is -2.35. The van der Waals surface area contributed by atoms with E-state index in [-0.39, 0.29) is 15.8 Å². The van der Waals surface area contributed by atoms with E-state index in [0.29, 0.717) is 35.5 Å². The van der Waals surface area contributed by atoms with Crippen LogP contribution in [0.5, 0.6) is 0 Å². The van der Waals surface area contributed by atoms with Crippen molar-refractivity contribution in [2.24, 2.45) is 0 Å². The van der Waals surface area contributed by atoms with E-state index in [1.54, 1.807) is 44.5 Å². The van der Waals surface area contributed by atoms with Crippen molar-refractivity contribution in [2.45, 2.75) is 277 Å². The van der Waals surface area contributed by atoms with Crippen molar-refractivity contribution >= 4 is 26.5 Å². The van der Waals surface area contributed by atoms with Gasteiger partial charge in [-0.3, -0.25) is 0 Å². The van der Waals surface area contributed by atoms with Crippen molar-refractivity contribution < 1.29 is 0 Å². The molecule has 7 rings (SSSR count). The van der Waals surface area contributed by atoms with Crippen LogP contribution >= 0.6 is 15.8 Å². The number of benzene rings is 3. The van der Waals surface area contributed by atoms with Gasteiger partial charge in [0.2, 0.25) is 0 Å². The van der Waals surface area contributed by atoms with Gasteiger partial charge in [-0.1, -0.05) is 200 Å². The molecule has 0 heterocycles. The Morgan fingerprint density at radius 3 is 0.778 bits per heavy atom. The minimum Gasteiger partial charge on any atom is -0.0680 e. The van der Waals surface area contributed by atoms with Crippen molar-refractivity contribution in [2.75, 3.05) is 0 Å². The highest BCUT2D eigenvalue weighted by Crippen LogP contribution is 2.62. The molecule has 4 saturated carbocycles. The molecule has 0 unspecified atom stereocenters. The van der Waals surface area contributed by atoms with Gasteiger partial charge in [-0.2, -0.15) is 0 Å². The Morgan fingerprint density at radius 1 is 0.333 bits per heavy atom. The first kappa shape index (κ1) is 49.4. The molecule has 348 valence electrons. The Kier molecular flexibility index (Phi) is 17.3. The molecule has 3 aromatic carbocycles. The van der Waals surface area contributed by atoms with Gasteiger partial charge in [-0.05, 0) is 194 Å². The summed E-state index contributed by atoms with van der Waals surface area (Å²) in [5.41, 5.74) is 21.6. The maximum absolute atomic E-state index is 3.02. The molecular weight excluding hydrogens is 795 g/mol. The lowest BCUT2D eigenvalue weighted by atomic mass is 9.78. The Hall–Kier alpha value is -1.48. The maximum Gasteiger partial charge on any atom is -0.00917 e. The van der Waals surface area contributed by atoms with Crippen molar-refractivity contribution in [1.29, 1.82) is 0 Å². The van der Waals surface area contributed by atoms with E-state index < -0.39 is 0 Å². The second-order valence-electron chi connectivity index (χ2n) is 23.4. The monoisotopic (exact) mass is 889 g/mol. The number of hydrogen-bond acceptors (Lipinski definition) is 0. The standard InChI is InChI=1S/C61H94P2/c1-39(2)46-34-52(41(5)6)58(53(35-46)42(7)8)56-38-57(59-54(43(9)10)36-47(40(3)4)37-55(59)44(11)12)61(63(50-30-22-16-23-31-50)51-32-24-17-25-33-51)45(13)60(56)62(48-26-18-14-19-27-48)49-28-20-15-21-29-49/h34-44,48-51H,14-33H2,1-13H3. The first-order valence-electron chi connectivity index (χ1n) is 27.3. The highest BCUT2D eigenvalue weighted by atomic mass is 31.1. The summed E-state index contributed by atoms with van der Waals surface area (Å²) in [5.74, 6) is 2.90. The fraction of sp³-hybridized carbons (Fsp3) is 0.705. The molecular formula is C61H94P2. The average molecular weight is 889 g/mol. The second-order valence-corrected chi connectivity index (χ2v) is 28.8. The van der Waals surface area contributed by atoms with Crippen molar-refractivity contribution in [3.63, 3.8) is 0 Å². The van der Waals surface area contributed by atoms with Gasteiger partial charge in [-0.15, -0.1) is 0 Å². The molecule has 2 heteroatoms. The number of rotatable bonds is 14. The lowest BCUT2D eigenvalue weighted by Gasteiger charge is -2.44. The third kappa shape index (κ3) is 10.8. The molecule has 63 heavy (non-hydrogen) atoms. The normalized spacial score (nSPS) is 19.4. The fourth-order valence-electron chi connectivity index (χ4n) is 13.1. The van der Waals surface area contributed by atoms with Gasteiger partial charge in [0.05, 0.1) is 0 Å². The van der Waals surface area contributed by atoms with E-state index >= 15 is 0 Å². The molecule has 4 fully saturated rings. The van der Waals surface area contributed by atoms with Gasteiger partial charge in [0.1, 0.15) is 0 Å². The Balaban J connectivity index is 1.72. The molecule has 0 aliphatic heterocycles. The van der Waals surface area contributed by atoms with Crippen molar-refractivity contribution in [1.82, 2.24) is 0 Å². The van der Waals surface area contributed by atoms with Gasteiger partial charge < -0.3 is 0 Å². The van der Waals surface area contributed by atoms with Crippen LogP contribution < -0.4 is 10.6 Å². The molecule has 3 aromatic rings. The minimum atomic E-state index is -0.342. The molecule has 0 N–H and O–H groups in total. The summed E-state index contributed by atoms with van der Waals surface area (Å²) in [5, 5.41) is 3.86. The molecule has 4 aliphatic carbocycles. The molecule has 0 nitrogen and oxygen atoms in total. The summed E-state index contributed by atoms with van der Waals surface area (Å²) in [7, 11) is -0.683. The molecule has 4 aliphatic rings. The van der Waals surface area contributed by atoms with Gasteiger partial charge >= 0.3 is 0 Å². The van der Waals surface area contributed by atoms with E-state index in [0.717, 1.165) is 22.6 Å². The SMILES string of the molecule is Cc1c(P(C2CCCCC2)C2CCCCC2)c(-c2c(C(C)C)cc(C(C)C)cc2C(C)C)cc(-c2c(C(C)C)cc(C(C)C)cc2C(C)C)c1P(C1CCCCC1)C1CCCCC1. The molecule has 0 amide bonds. The van der Waals surface area contributed by atoms with Crippen LogP contribution in [0, 0.1) is 6.92 Å². The predicted molar refractivity (Wildman–Crippen MR) is 287 cm³/mol. The van der Waals surface area contributed by atoms with E-state index in [1.807, 2.05) is 16.2 Å². The lowest BCUT2D eigenvalue weighted by molar-refractivity contribution is 0.486. The van der Waals surface area contributed by atoms with Crippen molar-refractivity contribution in [3.05, 3.63) is 69.3 Å². The largest absolute Gasteiger partial charge is 0.0680 e. The topological polar surface area (TPSA) is 0 Å². The van der Waals surface area contributed by atoms with Crippen LogP contribution in [-0.2, 0) is 0 Å². The third-order valence-corrected chi connectivity index (χ3v) is 24.1. The van der Waals surface area contributed by atoms with Crippen LogP contribution in [-0.4, -0.2) is 22.6 Å². The zero-order chi connectivity index (χ0) is 45.1. The molecule has 0 atom stereocenters. The summed E-state index contributed by atoms with van der Waals surface area (Å²) < 4.78 is 0. The van der Waals surface area contributed by atoms with Gasteiger partial charge in [0, 0.05) is 0 Å². The predicted octanol–water partition coefficient (Wildman–Crippen LogP) is 19.6. The van der Waals surface area contributed by atoms with Crippen LogP contribution in [0.3, 0.4) is 0 Å². The smallest absolute Gasteiger partial charge is 0.00917 e. The van der Waals surface area contributed by atoms with Crippen LogP contribution in [0.2, 0.25) is 0 Å². The molecule has 0 saturated heterocycles. The molecule has 0 spiro atoms. The maximum atomic E-state index is 3.02. The van der Waals surface area contributed by atoms with Crippen LogP contribution in [0.15, 0.2) is 30.3 Å².